The van der Waals surface area contributed by atoms with Gasteiger partial charge in [-0.1, -0.05) is 11.8 Å². The fourth-order valence-corrected chi connectivity index (χ4v) is 4.58. The van der Waals surface area contributed by atoms with Crippen LogP contribution in [0.5, 0.6) is 5.75 Å². The third-order valence-electron chi connectivity index (χ3n) is 4.23. The molecule has 1 aromatic carbocycles. The molecular formula is C19H19N5O2S2. The predicted molar refractivity (Wildman–Crippen MR) is 111 cm³/mol. The maximum absolute atomic E-state index is 12.2. The summed E-state index contributed by atoms with van der Waals surface area (Å²) in [6, 6.07) is 9.54. The van der Waals surface area contributed by atoms with Crippen molar-refractivity contribution in [3.8, 4) is 17.1 Å². The summed E-state index contributed by atoms with van der Waals surface area (Å²) in [6.07, 6.45) is 1.74. The highest BCUT2D eigenvalue weighted by molar-refractivity contribution is 7.98. The van der Waals surface area contributed by atoms with E-state index >= 15 is 0 Å². The Morgan fingerprint density at radius 2 is 2.00 bits per heavy atom. The number of rotatable bonds is 6. The average Bonchev–Trinajstić information content (AvgIpc) is 3.33. The molecule has 7 nitrogen and oxygen atoms in total. The molecule has 4 aromatic rings. The van der Waals surface area contributed by atoms with E-state index in [0.717, 1.165) is 28.0 Å². The van der Waals surface area contributed by atoms with Crippen LogP contribution >= 0.6 is 23.1 Å². The zero-order chi connectivity index (χ0) is 19.7. The Kier molecular flexibility index (Phi) is 5.19. The lowest BCUT2D eigenvalue weighted by Gasteiger charge is -2.14. The summed E-state index contributed by atoms with van der Waals surface area (Å²) in [5.74, 6) is 2.16. The zero-order valence-electron chi connectivity index (χ0n) is 15.7. The number of fused-ring (bicyclic) bond motifs is 1. The molecule has 0 saturated carbocycles. The molecule has 0 saturated heterocycles. The number of thiazole rings is 1. The molecule has 0 fully saturated rings. The van der Waals surface area contributed by atoms with E-state index < -0.39 is 0 Å². The number of aromatic nitrogens is 5. The first-order valence-electron chi connectivity index (χ1n) is 8.74. The van der Waals surface area contributed by atoms with Crippen molar-refractivity contribution in [3.05, 3.63) is 58.0 Å². The van der Waals surface area contributed by atoms with Gasteiger partial charge in [-0.05, 0) is 38.1 Å². The smallest absolute Gasteiger partial charge is 0.258 e. The highest BCUT2D eigenvalue weighted by Crippen LogP contribution is 2.30. The molecule has 4 rings (SSSR count). The van der Waals surface area contributed by atoms with Gasteiger partial charge in [-0.2, -0.15) is 0 Å². The number of nitrogens with zero attached hydrogens (tertiary/aromatic N) is 5. The van der Waals surface area contributed by atoms with Gasteiger partial charge >= 0.3 is 0 Å². The number of benzene rings is 1. The number of methoxy groups -OCH3 is 1. The average molecular weight is 414 g/mol. The van der Waals surface area contributed by atoms with Crippen LogP contribution in [0, 0.1) is 0 Å². The first-order chi connectivity index (χ1) is 13.6. The van der Waals surface area contributed by atoms with Gasteiger partial charge in [0.1, 0.15) is 5.75 Å². The normalized spacial score (nSPS) is 11.4. The zero-order valence-corrected chi connectivity index (χ0v) is 17.3. The maximum atomic E-state index is 12.2. The van der Waals surface area contributed by atoms with Gasteiger partial charge < -0.3 is 4.74 Å². The molecule has 0 amide bonds. The van der Waals surface area contributed by atoms with Gasteiger partial charge in [-0.25, -0.2) is 4.98 Å². The van der Waals surface area contributed by atoms with Crippen LogP contribution in [0.15, 0.2) is 51.9 Å². The molecule has 0 aliphatic carbocycles. The summed E-state index contributed by atoms with van der Waals surface area (Å²) < 4.78 is 8.88. The fourth-order valence-electron chi connectivity index (χ4n) is 2.88. The first kappa shape index (κ1) is 18.7. The molecule has 28 heavy (non-hydrogen) atoms. The molecule has 3 heterocycles. The van der Waals surface area contributed by atoms with E-state index in [-0.39, 0.29) is 11.6 Å². The molecule has 3 aromatic heterocycles. The molecule has 144 valence electrons. The largest absolute Gasteiger partial charge is 0.497 e. The Bertz CT molecular complexity index is 1160. The Balaban J connectivity index is 1.62. The van der Waals surface area contributed by atoms with E-state index in [0.29, 0.717) is 10.7 Å². The SMILES string of the molecule is COc1ccc(-c2nnc(SCc3cc(=O)n4ccsc4n3)n2C(C)C)cc1. The van der Waals surface area contributed by atoms with Crippen molar-refractivity contribution >= 4 is 28.1 Å². The van der Waals surface area contributed by atoms with Crippen molar-refractivity contribution in [2.24, 2.45) is 0 Å². The molecule has 0 N–H and O–H groups in total. The summed E-state index contributed by atoms with van der Waals surface area (Å²) in [4.78, 5) is 17.4. The molecule has 0 bridgehead atoms. The lowest BCUT2D eigenvalue weighted by Crippen LogP contribution is -2.12. The van der Waals surface area contributed by atoms with Crippen molar-refractivity contribution in [2.45, 2.75) is 30.8 Å². The maximum Gasteiger partial charge on any atom is 0.258 e. The highest BCUT2D eigenvalue weighted by atomic mass is 32.2. The second-order valence-corrected chi connectivity index (χ2v) is 8.24. The molecule has 0 radical (unpaired) electrons. The van der Waals surface area contributed by atoms with Crippen LogP contribution in [-0.2, 0) is 5.75 Å². The molecule has 0 aliphatic rings. The summed E-state index contributed by atoms with van der Waals surface area (Å²) in [6.45, 7) is 4.20. The van der Waals surface area contributed by atoms with E-state index in [9.17, 15) is 4.79 Å². The van der Waals surface area contributed by atoms with Crippen LogP contribution in [0.1, 0.15) is 25.6 Å². The Hall–Kier alpha value is -2.65. The van der Waals surface area contributed by atoms with Gasteiger partial charge in [0.2, 0.25) is 0 Å². The van der Waals surface area contributed by atoms with Crippen LogP contribution in [0.25, 0.3) is 16.3 Å². The summed E-state index contributed by atoms with van der Waals surface area (Å²) in [7, 11) is 1.65. The highest BCUT2D eigenvalue weighted by Gasteiger charge is 2.17. The van der Waals surface area contributed by atoms with Crippen LogP contribution in [0.2, 0.25) is 0 Å². The van der Waals surface area contributed by atoms with Gasteiger partial charge in [-0.15, -0.1) is 21.5 Å². The molecule has 0 unspecified atom stereocenters. The monoisotopic (exact) mass is 413 g/mol. The van der Waals surface area contributed by atoms with E-state index in [1.54, 1.807) is 23.8 Å². The number of ether oxygens (including phenoxy) is 1. The van der Waals surface area contributed by atoms with Gasteiger partial charge in [0, 0.05) is 35.0 Å². The Morgan fingerprint density at radius 3 is 2.71 bits per heavy atom. The quantitative estimate of drug-likeness (QED) is 0.447. The second-order valence-electron chi connectivity index (χ2n) is 6.43. The standard InChI is InChI=1S/C19H19N5O2S2/c1-12(2)24-17(13-4-6-15(26-3)7-5-13)21-22-19(24)28-11-14-10-16(25)23-8-9-27-18(23)20-14/h4-10,12H,11H2,1-3H3. The van der Waals surface area contributed by atoms with Crippen LogP contribution < -0.4 is 10.3 Å². The van der Waals surface area contributed by atoms with Gasteiger partial charge in [-0.3, -0.25) is 13.8 Å². The van der Waals surface area contributed by atoms with Gasteiger partial charge in [0.05, 0.1) is 12.8 Å². The van der Waals surface area contributed by atoms with Crippen molar-refractivity contribution in [1.29, 1.82) is 0 Å². The fraction of sp³-hybridized carbons (Fsp3) is 0.263. The number of hydrogen-bond acceptors (Lipinski definition) is 7. The Labute approximate surface area is 170 Å². The van der Waals surface area contributed by atoms with Gasteiger partial charge in [0.25, 0.3) is 5.56 Å². The minimum atomic E-state index is -0.0638. The lowest BCUT2D eigenvalue weighted by atomic mass is 10.2. The van der Waals surface area contributed by atoms with Crippen LogP contribution in [0.4, 0.5) is 0 Å². The van der Waals surface area contributed by atoms with E-state index in [2.05, 4.69) is 33.6 Å². The molecule has 0 atom stereocenters. The summed E-state index contributed by atoms with van der Waals surface area (Å²) >= 11 is 2.98. The van der Waals surface area contributed by atoms with Gasteiger partial charge in [0.15, 0.2) is 15.9 Å². The minimum absolute atomic E-state index is 0.0638. The lowest BCUT2D eigenvalue weighted by molar-refractivity contribution is 0.415. The minimum Gasteiger partial charge on any atom is -0.497 e. The van der Waals surface area contributed by atoms with Crippen molar-refractivity contribution in [3.63, 3.8) is 0 Å². The third-order valence-corrected chi connectivity index (χ3v) is 5.97. The molecule has 9 heteroatoms. The predicted octanol–water partition coefficient (Wildman–Crippen LogP) is 3.90. The molecule has 0 aliphatic heterocycles. The van der Waals surface area contributed by atoms with Crippen molar-refractivity contribution < 1.29 is 4.74 Å². The van der Waals surface area contributed by atoms with Crippen molar-refractivity contribution in [2.75, 3.05) is 7.11 Å². The molecule has 0 spiro atoms. The van der Waals surface area contributed by atoms with Crippen LogP contribution in [-0.4, -0.2) is 31.3 Å². The summed E-state index contributed by atoms with van der Waals surface area (Å²) in [5, 5.41) is 11.4. The number of thioether (sulfide) groups is 1. The van der Waals surface area contributed by atoms with E-state index in [1.165, 1.54) is 23.1 Å². The van der Waals surface area contributed by atoms with Crippen LogP contribution in [0.3, 0.4) is 0 Å². The summed E-state index contributed by atoms with van der Waals surface area (Å²) in [5.41, 5.74) is 1.65. The Morgan fingerprint density at radius 1 is 1.21 bits per heavy atom. The van der Waals surface area contributed by atoms with E-state index in [4.69, 9.17) is 4.74 Å². The molecular weight excluding hydrogens is 394 g/mol. The number of hydrogen-bond donors (Lipinski definition) is 0. The third kappa shape index (κ3) is 3.55. The van der Waals surface area contributed by atoms with E-state index in [1.807, 2.05) is 29.6 Å². The topological polar surface area (TPSA) is 74.3 Å². The second kappa shape index (κ2) is 7.76. The van der Waals surface area contributed by atoms with Crippen molar-refractivity contribution in [1.82, 2.24) is 24.1 Å². The first-order valence-corrected chi connectivity index (χ1v) is 10.6.